The molecule has 1 aromatic heterocycles. The molecule has 1 spiro atoms. The van der Waals surface area contributed by atoms with E-state index in [-0.39, 0.29) is 16.6 Å². The molecule has 5 nitrogen and oxygen atoms in total. The fourth-order valence-electron chi connectivity index (χ4n) is 2.92. The van der Waals surface area contributed by atoms with Crippen molar-refractivity contribution < 1.29 is 4.79 Å². The zero-order valence-corrected chi connectivity index (χ0v) is 11.1. The predicted molar refractivity (Wildman–Crippen MR) is 69.6 cm³/mol. The van der Waals surface area contributed by atoms with Crippen LogP contribution in [0, 0.1) is 22.7 Å². The summed E-state index contributed by atoms with van der Waals surface area (Å²) in [5.41, 5.74) is 0.383. The molecular weight excluding hydrogens is 264 g/mol. The molecule has 0 bridgehead atoms. The SMILES string of the molecule is N#Cc1ccnc(N2CCC(C(=O)Cl)C3(CC3)C2)n1. The van der Waals surface area contributed by atoms with Gasteiger partial charge in [-0.2, -0.15) is 5.26 Å². The van der Waals surface area contributed by atoms with Crippen LogP contribution in [0.4, 0.5) is 5.95 Å². The number of aromatic nitrogens is 2. The van der Waals surface area contributed by atoms with Crippen LogP contribution in [0.3, 0.4) is 0 Å². The Bertz CT molecular complexity index is 564. The van der Waals surface area contributed by atoms with E-state index in [0.29, 0.717) is 18.2 Å². The summed E-state index contributed by atoms with van der Waals surface area (Å²) < 4.78 is 0. The molecule has 1 atom stereocenters. The summed E-state index contributed by atoms with van der Waals surface area (Å²) in [4.78, 5) is 22.0. The average molecular weight is 277 g/mol. The Morgan fingerprint density at radius 2 is 2.37 bits per heavy atom. The first kappa shape index (κ1) is 12.4. The van der Waals surface area contributed by atoms with Gasteiger partial charge in [-0.3, -0.25) is 4.79 Å². The van der Waals surface area contributed by atoms with Gasteiger partial charge in [0.1, 0.15) is 11.8 Å². The fraction of sp³-hybridized carbons (Fsp3) is 0.538. The summed E-state index contributed by atoms with van der Waals surface area (Å²) in [5.74, 6) is 0.537. The van der Waals surface area contributed by atoms with Crippen molar-refractivity contribution in [2.24, 2.45) is 11.3 Å². The van der Waals surface area contributed by atoms with E-state index >= 15 is 0 Å². The Morgan fingerprint density at radius 1 is 1.58 bits per heavy atom. The summed E-state index contributed by atoms with van der Waals surface area (Å²) in [6.45, 7) is 1.46. The molecule has 1 aliphatic heterocycles. The maximum absolute atomic E-state index is 11.5. The molecule has 0 N–H and O–H groups in total. The number of anilines is 1. The first-order valence-electron chi connectivity index (χ1n) is 6.32. The number of hydrogen-bond acceptors (Lipinski definition) is 5. The van der Waals surface area contributed by atoms with Crippen LogP contribution in [0.1, 0.15) is 25.0 Å². The molecule has 2 fully saturated rings. The van der Waals surface area contributed by atoms with Crippen LogP contribution in [0.15, 0.2) is 12.3 Å². The molecule has 1 saturated carbocycles. The Hall–Kier alpha value is -1.67. The van der Waals surface area contributed by atoms with Gasteiger partial charge in [-0.15, -0.1) is 0 Å². The third kappa shape index (κ3) is 2.17. The van der Waals surface area contributed by atoms with Gasteiger partial charge >= 0.3 is 0 Å². The average Bonchev–Trinajstić information content (AvgIpc) is 3.18. The van der Waals surface area contributed by atoms with Gasteiger partial charge in [-0.05, 0) is 42.3 Å². The molecule has 2 heterocycles. The van der Waals surface area contributed by atoms with Crippen LogP contribution in [-0.4, -0.2) is 28.3 Å². The zero-order valence-electron chi connectivity index (χ0n) is 10.3. The number of nitrogens with zero attached hydrogens (tertiary/aromatic N) is 4. The van der Waals surface area contributed by atoms with Gasteiger partial charge in [0.2, 0.25) is 11.2 Å². The Morgan fingerprint density at radius 3 is 3.00 bits per heavy atom. The van der Waals surface area contributed by atoms with Crippen LogP contribution in [0.2, 0.25) is 0 Å². The quantitative estimate of drug-likeness (QED) is 0.769. The molecule has 0 aromatic carbocycles. The number of carbonyl (C=O) groups excluding carboxylic acids is 1. The van der Waals surface area contributed by atoms with Gasteiger partial charge in [-0.25, -0.2) is 9.97 Å². The summed E-state index contributed by atoms with van der Waals surface area (Å²) >= 11 is 5.69. The van der Waals surface area contributed by atoms with Gasteiger partial charge in [0, 0.05) is 25.2 Å². The number of nitriles is 1. The van der Waals surface area contributed by atoms with Gasteiger partial charge in [0.25, 0.3) is 0 Å². The number of halogens is 1. The third-order valence-corrected chi connectivity index (χ3v) is 4.40. The van der Waals surface area contributed by atoms with Crippen molar-refractivity contribution >= 4 is 22.8 Å². The highest BCUT2D eigenvalue weighted by atomic mass is 35.5. The summed E-state index contributed by atoms with van der Waals surface area (Å²) in [6, 6.07) is 3.61. The highest BCUT2D eigenvalue weighted by Gasteiger charge is 2.55. The van der Waals surface area contributed by atoms with Crippen LogP contribution in [0.25, 0.3) is 0 Å². The van der Waals surface area contributed by atoms with E-state index in [4.69, 9.17) is 16.9 Å². The molecule has 19 heavy (non-hydrogen) atoms. The van der Waals surface area contributed by atoms with Crippen molar-refractivity contribution in [3.8, 4) is 6.07 Å². The van der Waals surface area contributed by atoms with Gasteiger partial charge in [0.05, 0.1) is 0 Å². The molecule has 1 aromatic rings. The lowest BCUT2D eigenvalue weighted by molar-refractivity contribution is -0.117. The van der Waals surface area contributed by atoms with E-state index in [2.05, 4.69) is 14.9 Å². The van der Waals surface area contributed by atoms with E-state index in [1.165, 1.54) is 0 Å². The van der Waals surface area contributed by atoms with Crippen molar-refractivity contribution in [3.05, 3.63) is 18.0 Å². The van der Waals surface area contributed by atoms with E-state index < -0.39 is 0 Å². The second kappa shape index (κ2) is 4.46. The molecule has 98 valence electrons. The van der Waals surface area contributed by atoms with Gasteiger partial charge in [0.15, 0.2) is 0 Å². The molecular formula is C13H13ClN4O. The number of carbonyl (C=O) groups is 1. The van der Waals surface area contributed by atoms with Crippen LogP contribution >= 0.6 is 11.6 Å². The fourth-order valence-corrected chi connectivity index (χ4v) is 3.26. The second-order valence-corrected chi connectivity index (χ2v) is 5.66. The van der Waals surface area contributed by atoms with Crippen molar-refractivity contribution in [2.45, 2.75) is 19.3 Å². The van der Waals surface area contributed by atoms with Crippen molar-refractivity contribution in [1.29, 1.82) is 5.26 Å². The maximum Gasteiger partial charge on any atom is 0.226 e. The molecule has 1 aliphatic carbocycles. The molecule has 3 rings (SSSR count). The lowest BCUT2D eigenvalue weighted by Crippen LogP contribution is -2.44. The van der Waals surface area contributed by atoms with Crippen LogP contribution < -0.4 is 4.90 Å². The van der Waals surface area contributed by atoms with E-state index in [1.807, 2.05) is 6.07 Å². The summed E-state index contributed by atoms with van der Waals surface area (Å²) in [5, 5.41) is 8.65. The second-order valence-electron chi connectivity index (χ2n) is 5.28. The standard InChI is InChI=1S/C13H13ClN4O/c14-11(19)10-2-6-18(8-13(10)3-4-13)12-16-5-1-9(7-15)17-12/h1,5,10H,2-4,6,8H2. The lowest BCUT2D eigenvalue weighted by Gasteiger charge is -2.37. The largest absolute Gasteiger partial charge is 0.340 e. The first-order valence-corrected chi connectivity index (χ1v) is 6.70. The highest BCUT2D eigenvalue weighted by molar-refractivity contribution is 6.64. The summed E-state index contributed by atoms with van der Waals surface area (Å²) in [7, 11) is 0. The molecule has 2 aliphatic rings. The lowest BCUT2D eigenvalue weighted by atomic mass is 9.83. The minimum atomic E-state index is -0.219. The molecule has 0 radical (unpaired) electrons. The van der Waals surface area contributed by atoms with Crippen LogP contribution in [-0.2, 0) is 4.79 Å². The molecule has 1 saturated heterocycles. The molecule has 6 heteroatoms. The smallest absolute Gasteiger partial charge is 0.226 e. The van der Waals surface area contributed by atoms with Gasteiger partial charge < -0.3 is 4.90 Å². The predicted octanol–water partition coefficient (Wildman–Crippen LogP) is 1.72. The Kier molecular flexibility index (Phi) is 2.90. The van der Waals surface area contributed by atoms with Crippen LogP contribution in [0.5, 0.6) is 0 Å². The third-order valence-electron chi connectivity index (χ3n) is 4.14. The number of rotatable bonds is 2. The maximum atomic E-state index is 11.5. The van der Waals surface area contributed by atoms with Crippen molar-refractivity contribution in [3.63, 3.8) is 0 Å². The van der Waals surface area contributed by atoms with E-state index in [9.17, 15) is 4.79 Å². The number of hydrogen-bond donors (Lipinski definition) is 0. The Labute approximate surface area is 116 Å². The van der Waals surface area contributed by atoms with E-state index in [1.54, 1.807) is 12.3 Å². The minimum Gasteiger partial charge on any atom is -0.340 e. The first-order chi connectivity index (χ1) is 9.14. The topological polar surface area (TPSA) is 69.9 Å². The monoisotopic (exact) mass is 276 g/mol. The summed E-state index contributed by atoms with van der Waals surface area (Å²) in [6.07, 6.45) is 4.40. The normalized spacial score (nSPS) is 24.0. The molecule has 1 unspecified atom stereocenters. The van der Waals surface area contributed by atoms with Crippen molar-refractivity contribution in [2.75, 3.05) is 18.0 Å². The van der Waals surface area contributed by atoms with E-state index in [0.717, 1.165) is 25.8 Å². The number of piperidine rings is 1. The van der Waals surface area contributed by atoms with Gasteiger partial charge in [-0.1, -0.05) is 0 Å². The highest BCUT2D eigenvalue weighted by Crippen LogP contribution is 2.56. The Balaban J connectivity index is 1.82. The molecule has 0 amide bonds. The minimum absolute atomic E-state index is 0.0170. The zero-order chi connectivity index (χ0) is 13.5. The van der Waals surface area contributed by atoms with Crippen molar-refractivity contribution in [1.82, 2.24) is 9.97 Å².